The quantitative estimate of drug-likeness (QED) is 0.813. The predicted molar refractivity (Wildman–Crippen MR) is 82.2 cm³/mol. The predicted octanol–water partition coefficient (Wildman–Crippen LogP) is 2.95. The van der Waals surface area contributed by atoms with Gasteiger partial charge >= 0.3 is 13.2 Å². The first kappa shape index (κ1) is 16.4. The van der Waals surface area contributed by atoms with Gasteiger partial charge in [0, 0.05) is 13.1 Å². The second kappa shape index (κ2) is 6.01. The number of allylic oxidation sites excluding steroid dienone is 1. The SMILES string of the molecule is CC1(C)OB(C=CCC2CCN(C(=O)O)CC2)OC1(C)C. The van der Waals surface area contributed by atoms with E-state index in [1.165, 1.54) is 4.90 Å². The Kier molecular flexibility index (Phi) is 4.68. The van der Waals surface area contributed by atoms with Gasteiger partial charge < -0.3 is 19.3 Å². The van der Waals surface area contributed by atoms with Crippen molar-refractivity contribution in [1.82, 2.24) is 4.90 Å². The maximum Gasteiger partial charge on any atom is 0.486 e. The van der Waals surface area contributed by atoms with Crippen LogP contribution in [0.1, 0.15) is 47.0 Å². The van der Waals surface area contributed by atoms with Crippen LogP contribution in [0.15, 0.2) is 12.1 Å². The highest BCUT2D eigenvalue weighted by molar-refractivity contribution is 6.51. The van der Waals surface area contributed by atoms with Crippen LogP contribution < -0.4 is 0 Å². The molecule has 0 aromatic carbocycles. The van der Waals surface area contributed by atoms with Crippen LogP contribution >= 0.6 is 0 Å². The first-order valence-corrected chi connectivity index (χ1v) is 7.71. The molecule has 118 valence electrons. The van der Waals surface area contributed by atoms with Gasteiger partial charge in [-0.3, -0.25) is 0 Å². The molecule has 21 heavy (non-hydrogen) atoms. The van der Waals surface area contributed by atoms with Gasteiger partial charge in [-0.15, -0.1) is 0 Å². The fraction of sp³-hybridized carbons (Fsp3) is 0.800. The zero-order valence-electron chi connectivity index (χ0n) is 13.5. The summed E-state index contributed by atoms with van der Waals surface area (Å²) in [6.45, 7) is 9.46. The Morgan fingerprint density at radius 1 is 1.24 bits per heavy atom. The molecular weight excluding hydrogens is 269 g/mol. The summed E-state index contributed by atoms with van der Waals surface area (Å²) >= 11 is 0. The third-order valence-corrected chi connectivity index (χ3v) is 4.92. The van der Waals surface area contributed by atoms with Crippen molar-refractivity contribution in [1.29, 1.82) is 0 Å². The zero-order valence-corrected chi connectivity index (χ0v) is 13.5. The van der Waals surface area contributed by atoms with E-state index >= 15 is 0 Å². The molecule has 0 aromatic heterocycles. The molecular formula is C15H26BNO4. The number of carboxylic acid groups (broad SMARTS) is 1. The van der Waals surface area contributed by atoms with Crippen molar-refractivity contribution in [2.45, 2.75) is 58.2 Å². The van der Waals surface area contributed by atoms with E-state index in [1.807, 2.05) is 33.7 Å². The Morgan fingerprint density at radius 3 is 2.24 bits per heavy atom. The topological polar surface area (TPSA) is 59.0 Å². The van der Waals surface area contributed by atoms with E-state index in [1.54, 1.807) is 0 Å². The van der Waals surface area contributed by atoms with Crippen LogP contribution in [0.25, 0.3) is 0 Å². The highest BCUT2D eigenvalue weighted by atomic mass is 16.7. The maximum absolute atomic E-state index is 10.8. The minimum Gasteiger partial charge on any atom is -0.465 e. The van der Waals surface area contributed by atoms with E-state index in [2.05, 4.69) is 6.08 Å². The molecule has 0 aromatic rings. The van der Waals surface area contributed by atoms with E-state index in [0.29, 0.717) is 19.0 Å². The summed E-state index contributed by atoms with van der Waals surface area (Å²) in [6, 6.07) is 0. The molecule has 0 spiro atoms. The van der Waals surface area contributed by atoms with Crippen molar-refractivity contribution >= 4 is 13.2 Å². The average molecular weight is 295 g/mol. The van der Waals surface area contributed by atoms with Gasteiger partial charge in [0.15, 0.2) is 0 Å². The molecule has 2 heterocycles. The normalized spacial score (nSPS) is 25.7. The van der Waals surface area contributed by atoms with Crippen molar-refractivity contribution in [3.8, 4) is 0 Å². The molecule has 1 N–H and O–H groups in total. The summed E-state index contributed by atoms with van der Waals surface area (Å²) in [5.74, 6) is 2.54. The minimum atomic E-state index is -0.804. The Labute approximate surface area is 127 Å². The third kappa shape index (κ3) is 3.80. The van der Waals surface area contributed by atoms with Gasteiger partial charge in [0.1, 0.15) is 0 Å². The van der Waals surface area contributed by atoms with Crippen LogP contribution in [0.3, 0.4) is 0 Å². The second-order valence-corrected chi connectivity index (χ2v) is 7.00. The standard InChI is InChI=1S/C15H26BNO4/c1-14(2)15(3,4)21-16(20-14)9-5-6-12-7-10-17(11-8-12)13(18)19/h5,9,12H,6-8,10-11H2,1-4H3,(H,18,19). The lowest BCUT2D eigenvalue weighted by Crippen LogP contribution is -2.41. The van der Waals surface area contributed by atoms with Crippen molar-refractivity contribution in [2.24, 2.45) is 5.92 Å². The van der Waals surface area contributed by atoms with E-state index in [-0.39, 0.29) is 18.3 Å². The molecule has 5 nitrogen and oxygen atoms in total. The highest BCUT2D eigenvalue weighted by Gasteiger charge is 2.49. The molecule has 0 radical (unpaired) electrons. The number of rotatable bonds is 3. The number of hydrogen-bond acceptors (Lipinski definition) is 3. The molecule has 0 bridgehead atoms. The van der Waals surface area contributed by atoms with Crippen LogP contribution in [0.4, 0.5) is 4.79 Å². The maximum atomic E-state index is 10.8. The molecule has 0 atom stereocenters. The largest absolute Gasteiger partial charge is 0.486 e. The minimum absolute atomic E-state index is 0.283. The van der Waals surface area contributed by atoms with Crippen molar-refractivity contribution in [2.75, 3.05) is 13.1 Å². The third-order valence-electron chi connectivity index (χ3n) is 4.92. The number of amides is 1. The first-order valence-electron chi connectivity index (χ1n) is 7.71. The number of nitrogens with zero attached hydrogens (tertiary/aromatic N) is 1. The summed E-state index contributed by atoms with van der Waals surface area (Å²) in [5, 5.41) is 8.92. The van der Waals surface area contributed by atoms with E-state index in [0.717, 1.165) is 19.3 Å². The molecule has 0 saturated carbocycles. The summed E-state index contributed by atoms with van der Waals surface area (Å²) in [5.41, 5.74) is -0.594. The fourth-order valence-electron chi connectivity index (χ4n) is 2.71. The van der Waals surface area contributed by atoms with Crippen molar-refractivity contribution < 1.29 is 19.2 Å². The summed E-state index contributed by atoms with van der Waals surface area (Å²) in [4.78, 5) is 12.3. The van der Waals surface area contributed by atoms with Crippen molar-refractivity contribution in [3.05, 3.63) is 12.1 Å². The number of likely N-dealkylation sites (tertiary alicyclic amines) is 1. The van der Waals surface area contributed by atoms with Gasteiger partial charge in [0.05, 0.1) is 11.2 Å². The molecule has 2 aliphatic rings. The molecule has 2 saturated heterocycles. The van der Waals surface area contributed by atoms with Gasteiger partial charge in [-0.05, 0) is 52.9 Å². The van der Waals surface area contributed by atoms with Gasteiger partial charge in [0.2, 0.25) is 0 Å². The van der Waals surface area contributed by atoms with Crippen LogP contribution in [-0.4, -0.2) is 47.5 Å². The first-order chi connectivity index (χ1) is 9.71. The van der Waals surface area contributed by atoms with E-state index < -0.39 is 6.09 Å². The average Bonchev–Trinajstić information content (AvgIpc) is 2.58. The molecule has 2 rings (SSSR count). The van der Waals surface area contributed by atoms with E-state index in [4.69, 9.17) is 14.4 Å². The Hall–Kier alpha value is -1.01. The lowest BCUT2D eigenvalue weighted by atomic mass is 9.87. The number of carbonyl (C=O) groups is 1. The molecule has 2 fully saturated rings. The molecule has 0 unspecified atom stereocenters. The molecule has 0 aliphatic carbocycles. The number of hydrogen-bond donors (Lipinski definition) is 1. The summed E-state index contributed by atoms with van der Waals surface area (Å²) < 4.78 is 11.8. The highest BCUT2D eigenvalue weighted by Crippen LogP contribution is 2.37. The van der Waals surface area contributed by atoms with Crippen LogP contribution in [-0.2, 0) is 9.31 Å². The van der Waals surface area contributed by atoms with Gasteiger partial charge in [-0.25, -0.2) is 4.79 Å². The lowest BCUT2D eigenvalue weighted by molar-refractivity contribution is 0.00578. The molecule has 1 amide bonds. The van der Waals surface area contributed by atoms with Gasteiger partial charge in [-0.2, -0.15) is 0 Å². The Bertz CT molecular complexity index is 398. The fourth-order valence-corrected chi connectivity index (χ4v) is 2.71. The van der Waals surface area contributed by atoms with Crippen LogP contribution in [0.5, 0.6) is 0 Å². The summed E-state index contributed by atoms with van der Waals surface area (Å²) in [6.07, 6.45) is 4.13. The van der Waals surface area contributed by atoms with Crippen LogP contribution in [0, 0.1) is 5.92 Å². The van der Waals surface area contributed by atoms with Gasteiger partial charge in [0.25, 0.3) is 0 Å². The molecule has 6 heteroatoms. The second-order valence-electron chi connectivity index (χ2n) is 7.00. The van der Waals surface area contributed by atoms with Crippen molar-refractivity contribution in [3.63, 3.8) is 0 Å². The van der Waals surface area contributed by atoms with Crippen LogP contribution in [0.2, 0.25) is 0 Å². The Morgan fingerprint density at radius 2 is 1.76 bits per heavy atom. The zero-order chi connectivity index (χ0) is 15.7. The lowest BCUT2D eigenvalue weighted by Gasteiger charge is -2.32. The monoisotopic (exact) mass is 295 g/mol. The number of piperidine rings is 1. The molecule has 2 aliphatic heterocycles. The smallest absolute Gasteiger partial charge is 0.465 e. The van der Waals surface area contributed by atoms with Gasteiger partial charge in [-0.1, -0.05) is 12.1 Å². The van der Waals surface area contributed by atoms with E-state index in [9.17, 15) is 4.79 Å². The summed E-state index contributed by atoms with van der Waals surface area (Å²) in [7, 11) is -0.283. The Balaban J connectivity index is 1.76.